The summed E-state index contributed by atoms with van der Waals surface area (Å²) in [7, 11) is 1.92. The first-order valence-corrected chi connectivity index (χ1v) is 10.2. The second-order valence-corrected chi connectivity index (χ2v) is 8.58. The Hall–Kier alpha value is -2.29. The van der Waals surface area contributed by atoms with Gasteiger partial charge in [0.15, 0.2) is 11.5 Å². The molecular weight excluding hydrogens is 408 g/mol. The molecule has 0 spiro atoms. The maximum atomic E-state index is 5.62. The molecule has 4 aromatic heterocycles. The van der Waals surface area contributed by atoms with E-state index in [-0.39, 0.29) is 24.5 Å². The molecule has 4 rings (SSSR count). The van der Waals surface area contributed by atoms with E-state index in [0.717, 1.165) is 27.2 Å². The van der Waals surface area contributed by atoms with E-state index in [1.807, 2.05) is 24.0 Å². The average molecular weight is 433 g/mol. The molecule has 0 aromatic carbocycles. The lowest BCUT2D eigenvalue weighted by atomic mass is 10.1. The van der Waals surface area contributed by atoms with Gasteiger partial charge in [-0.25, -0.2) is 9.67 Å². The Bertz CT molecular complexity index is 1120. The number of likely N-dealkylation sites (N-methyl/N-ethyl adjacent to an activating group) is 1. The second-order valence-electron chi connectivity index (χ2n) is 7.30. The predicted molar refractivity (Wildman–Crippen MR) is 119 cm³/mol. The van der Waals surface area contributed by atoms with E-state index in [0.29, 0.717) is 18.1 Å². The molecule has 1 unspecified atom stereocenters. The topological polar surface area (TPSA) is 81.7 Å². The molecule has 9 heteroatoms. The van der Waals surface area contributed by atoms with Crippen molar-refractivity contribution < 1.29 is 4.52 Å². The van der Waals surface area contributed by atoms with Crippen LogP contribution < -0.4 is 5.32 Å². The number of nitrogens with zero attached hydrogens (tertiary/aromatic N) is 5. The van der Waals surface area contributed by atoms with Gasteiger partial charge in [-0.1, -0.05) is 5.16 Å². The van der Waals surface area contributed by atoms with Crippen molar-refractivity contribution >= 4 is 34.8 Å². The highest BCUT2D eigenvalue weighted by atomic mass is 35.5. The zero-order valence-electron chi connectivity index (χ0n) is 17.1. The predicted octanol–water partition coefficient (Wildman–Crippen LogP) is 4.67. The van der Waals surface area contributed by atoms with Gasteiger partial charge in [0.2, 0.25) is 0 Å². The number of fused-ring (bicyclic) bond motifs is 1. The maximum Gasteiger partial charge on any atom is 0.258 e. The van der Waals surface area contributed by atoms with Crippen molar-refractivity contribution in [2.75, 3.05) is 7.05 Å². The van der Waals surface area contributed by atoms with Gasteiger partial charge < -0.3 is 9.84 Å². The van der Waals surface area contributed by atoms with Crippen molar-refractivity contribution in [3.63, 3.8) is 0 Å². The Kier molecular flexibility index (Phi) is 6.36. The number of nitrogens with one attached hydrogen (secondary N) is 1. The first-order chi connectivity index (χ1) is 13.5. The summed E-state index contributed by atoms with van der Waals surface area (Å²) >= 11 is 1.72. The summed E-state index contributed by atoms with van der Waals surface area (Å²) < 4.78 is 7.55. The number of aryl methyl sites for hydroxylation is 1. The molecule has 0 aliphatic rings. The lowest BCUT2D eigenvalue weighted by molar-refractivity contribution is 0.418. The van der Waals surface area contributed by atoms with Crippen molar-refractivity contribution in [2.45, 2.75) is 46.2 Å². The van der Waals surface area contributed by atoms with Gasteiger partial charge >= 0.3 is 0 Å². The smallest absolute Gasteiger partial charge is 0.258 e. The standard InChI is InChI=1S/C20H24N6OS.ClH/c1-11(2)26-19-15(10-22-26)14(9-16(23-19)17-7-6-13(4)28-17)20-24-18(25-27-20)8-12(3)21-5;/h6-7,9-12,21H,8H2,1-5H3;1H. The van der Waals surface area contributed by atoms with Crippen molar-refractivity contribution in [1.29, 1.82) is 0 Å². The van der Waals surface area contributed by atoms with Gasteiger partial charge in [-0.2, -0.15) is 10.1 Å². The van der Waals surface area contributed by atoms with Gasteiger partial charge in [-0.05, 0) is 52.9 Å². The Morgan fingerprint density at radius 2 is 2.00 bits per heavy atom. The molecule has 1 atom stereocenters. The number of thiophene rings is 1. The molecule has 29 heavy (non-hydrogen) atoms. The molecular formula is C20H25ClN6OS. The van der Waals surface area contributed by atoms with Gasteiger partial charge in [0.1, 0.15) is 0 Å². The first-order valence-electron chi connectivity index (χ1n) is 9.41. The monoisotopic (exact) mass is 432 g/mol. The molecule has 0 radical (unpaired) electrons. The number of pyridine rings is 1. The van der Waals surface area contributed by atoms with Crippen LogP contribution in [0.2, 0.25) is 0 Å². The van der Waals surface area contributed by atoms with Crippen LogP contribution in [0.1, 0.15) is 37.5 Å². The minimum atomic E-state index is 0. The van der Waals surface area contributed by atoms with Crippen LogP contribution >= 0.6 is 23.7 Å². The van der Waals surface area contributed by atoms with Crippen molar-refractivity contribution in [1.82, 2.24) is 30.2 Å². The Labute approximate surface area is 180 Å². The highest BCUT2D eigenvalue weighted by molar-refractivity contribution is 7.15. The van der Waals surface area contributed by atoms with Crippen LogP contribution in [-0.2, 0) is 6.42 Å². The highest BCUT2D eigenvalue weighted by Gasteiger charge is 2.20. The van der Waals surface area contributed by atoms with Crippen LogP contribution in [0.15, 0.2) is 28.9 Å². The summed E-state index contributed by atoms with van der Waals surface area (Å²) in [5, 5.41) is 12.8. The third-order valence-corrected chi connectivity index (χ3v) is 5.75. The molecule has 1 N–H and O–H groups in total. The van der Waals surface area contributed by atoms with Crippen LogP contribution in [0.3, 0.4) is 0 Å². The van der Waals surface area contributed by atoms with E-state index >= 15 is 0 Å². The van der Waals surface area contributed by atoms with Crippen molar-refractivity contribution in [3.8, 4) is 22.0 Å². The fourth-order valence-electron chi connectivity index (χ4n) is 3.09. The molecule has 4 heterocycles. The van der Waals surface area contributed by atoms with E-state index < -0.39 is 0 Å². The van der Waals surface area contributed by atoms with Crippen LogP contribution in [0, 0.1) is 6.92 Å². The quantitative estimate of drug-likeness (QED) is 0.476. The van der Waals surface area contributed by atoms with Crippen molar-refractivity contribution in [2.24, 2.45) is 0 Å². The zero-order valence-corrected chi connectivity index (χ0v) is 18.8. The fraction of sp³-hybridized carbons (Fsp3) is 0.400. The fourth-order valence-corrected chi connectivity index (χ4v) is 3.92. The summed E-state index contributed by atoms with van der Waals surface area (Å²) in [4.78, 5) is 11.9. The Morgan fingerprint density at radius 1 is 1.21 bits per heavy atom. The van der Waals surface area contributed by atoms with Gasteiger partial charge in [-0.15, -0.1) is 23.7 Å². The van der Waals surface area contributed by atoms with Crippen LogP contribution in [-0.4, -0.2) is 38.0 Å². The number of halogens is 1. The number of hydrogen-bond donors (Lipinski definition) is 1. The zero-order chi connectivity index (χ0) is 19.8. The Balaban J connectivity index is 0.00000240. The summed E-state index contributed by atoms with van der Waals surface area (Å²) in [5.74, 6) is 1.19. The summed E-state index contributed by atoms with van der Waals surface area (Å²) in [6.45, 7) is 8.38. The molecule has 0 aliphatic heterocycles. The van der Waals surface area contributed by atoms with Crippen molar-refractivity contribution in [3.05, 3.63) is 35.1 Å². The minimum absolute atomic E-state index is 0. The maximum absolute atomic E-state index is 5.62. The lowest BCUT2D eigenvalue weighted by Gasteiger charge is -2.08. The molecule has 0 bridgehead atoms. The van der Waals surface area contributed by atoms with Crippen LogP contribution in [0.4, 0.5) is 0 Å². The largest absolute Gasteiger partial charge is 0.334 e. The SMILES string of the molecule is CNC(C)Cc1noc(-c2cc(-c3ccc(C)s3)nc3c2cnn3C(C)C)n1.Cl. The second kappa shape index (κ2) is 8.61. The minimum Gasteiger partial charge on any atom is -0.334 e. The number of hydrogen-bond acceptors (Lipinski definition) is 7. The lowest BCUT2D eigenvalue weighted by Crippen LogP contribution is -2.24. The number of rotatable bonds is 6. The normalized spacial score (nSPS) is 12.5. The first kappa shape index (κ1) is 21.4. The van der Waals surface area contributed by atoms with E-state index in [2.05, 4.69) is 60.4 Å². The molecule has 4 aromatic rings. The third kappa shape index (κ3) is 4.19. The van der Waals surface area contributed by atoms with E-state index in [9.17, 15) is 0 Å². The van der Waals surface area contributed by atoms with Gasteiger partial charge in [0.25, 0.3) is 5.89 Å². The van der Waals surface area contributed by atoms with E-state index in [1.165, 1.54) is 4.88 Å². The molecule has 0 amide bonds. The summed E-state index contributed by atoms with van der Waals surface area (Å²) in [6.07, 6.45) is 2.54. The number of aromatic nitrogens is 5. The van der Waals surface area contributed by atoms with Gasteiger partial charge in [-0.3, -0.25) is 0 Å². The molecule has 0 saturated carbocycles. The van der Waals surface area contributed by atoms with Gasteiger partial charge in [0, 0.05) is 23.4 Å². The molecule has 0 fully saturated rings. The van der Waals surface area contributed by atoms with Gasteiger partial charge in [0.05, 0.1) is 27.7 Å². The summed E-state index contributed by atoms with van der Waals surface area (Å²) in [6, 6.07) is 6.71. The van der Waals surface area contributed by atoms with E-state index in [4.69, 9.17) is 9.51 Å². The molecule has 154 valence electrons. The van der Waals surface area contributed by atoms with Crippen LogP contribution in [0.5, 0.6) is 0 Å². The Morgan fingerprint density at radius 3 is 2.66 bits per heavy atom. The molecule has 0 saturated heterocycles. The van der Waals surface area contributed by atoms with Crippen LogP contribution in [0.25, 0.3) is 33.1 Å². The molecule has 7 nitrogen and oxygen atoms in total. The average Bonchev–Trinajstić information content (AvgIpc) is 3.39. The molecule has 0 aliphatic carbocycles. The van der Waals surface area contributed by atoms with E-state index in [1.54, 1.807) is 11.3 Å². The third-order valence-electron chi connectivity index (χ3n) is 4.73. The highest BCUT2D eigenvalue weighted by Crippen LogP contribution is 2.34. The summed E-state index contributed by atoms with van der Waals surface area (Å²) in [5.41, 5.74) is 2.59.